The van der Waals surface area contributed by atoms with E-state index in [-0.39, 0.29) is 5.91 Å². The average molecular weight is 419 g/mol. The molecule has 0 atom stereocenters. The molecule has 0 aliphatic heterocycles. The Kier molecular flexibility index (Phi) is 9.04. The monoisotopic (exact) mass is 418 g/mol. The van der Waals surface area contributed by atoms with Crippen LogP contribution >= 0.6 is 15.9 Å². The zero-order valence-corrected chi connectivity index (χ0v) is 16.6. The molecule has 1 amide bonds. The van der Waals surface area contributed by atoms with Crippen molar-refractivity contribution < 1.29 is 9.53 Å². The van der Waals surface area contributed by atoms with Gasteiger partial charge in [0, 0.05) is 11.9 Å². The second-order valence-corrected chi connectivity index (χ2v) is 7.03. The lowest BCUT2D eigenvalue weighted by Crippen LogP contribution is -2.26. The first-order valence-corrected chi connectivity index (χ1v) is 10.2. The number of rotatable bonds is 11. The normalized spacial score (nSPS) is 10.5. The van der Waals surface area contributed by atoms with Crippen LogP contribution in [0.15, 0.2) is 48.5 Å². The van der Waals surface area contributed by atoms with Crippen LogP contribution in [-0.2, 0) is 17.6 Å². The number of unbranched alkanes of at least 4 members (excludes halogenated alkanes) is 2. The van der Waals surface area contributed by atoms with Crippen LogP contribution in [0.5, 0.6) is 5.75 Å². The van der Waals surface area contributed by atoms with Gasteiger partial charge in [0.2, 0.25) is 5.91 Å². The Morgan fingerprint density at radius 2 is 1.85 bits per heavy atom. The summed E-state index contributed by atoms with van der Waals surface area (Å²) in [5.41, 5.74) is 8.81. The predicted molar refractivity (Wildman–Crippen MR) is 111 cm³/mol. The Hall–Kier alpha value is -2.01. The number of ether oxygens (including phenoxy) is 1. The van der Waals surface area contributed by atoms with Crippen molar-refractivity contribution in [2.24, 2.45) is 0 Å². The van der Waals surface area contributed by atoms with Crippen molar-refractivity contribution in [3.8, 4) is 5.75 Å². The zero-order chi connectivity index (χ0) is 18.6. The number of hydrogen-bond acceptors (Lipinski definition) is 3. The highest BCUT2D eigenvalue weighted by atomic mass is 79.9. The molecule has 0 fully saturated rings. The van der Waals surface area contributed by atoms with Gasteiger partial charge >= 0.3 is 0 Å². The number of carbonyl (C=O) groups excluding carboxylic acids is 1. The van der Waals surface area contributed by atoms with Crippen molar-refractivity contribution in [2.45, 2.75) is 32.1 Å². The van der Waals surface area contributed by atoms with Gasteiger partial charge in [-0.1, -0.05) is 58.7 Å². The lowest BCUT2D eigenvalue weighted by atomic mass is 10.1. The first kappa shape index (κ1) is 20.3. The molecule has 4 nitrogen and oxygen atoms in total. The number of hydrogen-bond donors (Lipinski definition) is 2. The van der Waals surface area contributed by atoms with E-state index in [9.17, 15) is 4.79 Å². The molecule has 0 spiro atoms. The third kappa shape index (κ3) is 7.48. The maximum absolute atomic E-state index is 12.0. The Morgan fingerprint density at radius 1 is 1.04 bits per heavy atom. The van der Waals surface area contributed by atoms with Crippen LogP contribution in [-0.4, -0.2) is 24.4 Å². The fraction of sp³-hybridized carbons (Fsp3) is 0.381. The zero-order valence-electron chi connectivity index (χ0n) is 15.0. The number of amides is 1. The SMILES string of the molecule is Nc1cc(CC(=O)NCCCCCc2ccccc2)ccc1OCCBr. The standard InChI is InChI=1S/C21H27BrN2O2/c22-12-14-26-20-11-10-18(15-19(20)23)16-21(25)24-13-6-2-5-9-17-7-3-1-4-8-17/h1,3-4,7-8,10-11,15H,2,5-6,9,12-14,16,23H2,(H,24,25). The third-order valence-electron chi connectivity index (χ3n) is 4.08. The van der Waals surface area contributed by atoms with Gasteiger partial charge in [0.15, 0.2) is 0 Å². The minimum absolute atomic E-state index is 0.0292. The molecule has 2 aromatic carbocycles. The minimum atomic E-state index is 0.0292. The van der Waals surface area contributed by atoms with Gasteiger partial charge < -0.3 is 15.8 Å². The molecule has 0 saturated heterocycles. The average Bonchev–Trinajstić information content (AvgIpc) is 2.65. The van der Waals surface area contributed by atoms with E-state index < -0.39 is 0 Å². The minimum Gasteiger partial charge on any atom is -0.491 e. The highest BCUT2D eigenvalue weighted by molar-refractivity contribution is 9.09. The van der Waals surface area contributed by atoms with E-state index in [1.54, 1.807) is 0 Å². The molecule has 0 saturated carbocycles. The number of nitrogens with two attached hydrogens (primary N) is 1. The van der Waals surface area contributed by atoms with Gasteiger partial charge in [-0.3, -0.25) is 4.79 Å². The summed E-state index contributed by atoms with van der Waals surface area (Å²) in [6.07, 6.45) is 4.69. The Morgan fingerprint density at radius 3 is 2.58 bits per heavy atom. The molecule has 5 heteroatoms. The molecule has 140 valence electrons. The number of nitrogen functional groups attached to an aromatic ring is 1. The number of alkyl halides is 1. The number of halogens is 1. The quantitative estimate of drug-likeness (QED) is 0.327. The summed E-state index contributed by atoms with van der Waals surface area (Å²) in [5, 5.41) is 3.73. The number of aryl methyl sites for hydroxylation is 1. The van der Waals surface area contributed by atoms with Crippen LogP contribution in [0.25, 0.3) is 0 Å². The van der Waals surface area contributed by atoms with E-state index >= 15 is 0 Å². The molecule has 0 radical (unpaired) electrons. The van der Waals surface area contributed by atoms with Crippen molar-refractivity contribution >= 4 is 27.5 Å². The second kappa shape index (κ2) is 11.6. The van der Waals surface area contributed by atoms with E-state index in [4.69, 9.17) is 10.5 Å². The predicted octanol–water partition coefficient (Wildman–Crippen LogP) is 4.11. The summed E-state index contributed by atoms with van der Waals surface area (Å²) in [6.45, 7) is 1.28. The second-order valence-electron chi connectivity index (χ2n) is 6.23. The van der Waals surface area contributed by atoms with Gasteiger partial charge in [-0.2, -0.15) is 0 Å². The summed E-state index contributed by atoms with van der Waals surface area (Å²) >= 11 is 3.31. The topological polar surface area (TPSA) is 64.4 Å². The van der Waals surface area contributed by atoms with E-state index in [1.165, 1.54) is 5.56 Å². The number of nitrogens with one attached hydrogen (secondary N) is 1. The highest BCUT2D eigenvalue weighted by Gasteiger charge is 2.06. The van der Waals surface area contributed by atoms with Crippen LogP contribution in [0.2, 0.25) is 0 Å². The molecule has 0 bridgehead atoms. The fourth-order valence-corrected chi connectivity index (χ4v) is 2.90. The fourth-order valence-electron chi connectivity index (χ4n) is 2.74. The lowest BCUT2D eigenvalue weighted by Gasteiger charge is -2.10. The van der Waals surface area contributed by atoms with E-state index in [0.717, 1.165) is 43.1 Å². The smallest absolute Gasteiger partial charge is 0.224 e. The summed E-state index contributed by atoms with van der Waals surface area (Å²) in [5.74, 6) is 0.689. The van der Waals surface area contributed by atoms with Gasteiger partial charge in [0.25, 0.3) is 0 Å². The van der Waals surface area contributed by atoms with Gasteiger partial charge in [-0.25, -0.2) is 0 Å². The Labute approximate surface area is 164 Å². The molecule has 0 aliphatic carbocycles. The largest absolute Gasteiger partial charge is 0.491 e. The van der Waals surface area contributed by atoms with E-state index in [0.29, 0.717) is 24.5 Å². The van der Waals surface area contributed by atoms with Crippen molar-refractivity contribution in [2.75, 3.05) is 24.2 Å². The van der Waals surface area contributed by atoms with E-state index in [2.05, 4.69) is 45.5 Å². The number of anilines is 1. The van der Waals surface area contributed by atoms with Gasteiger partial charge in [-0.15, -0.1) is 0 Å². The molecule has 0 aliphatic rings. The summed E-state index contributed by atoms with van der Waals surface area (Å²) in [4.78, 5) is 12.0. The molecule has 2 aromatic rings. The summed E-state index contributed by atoms with van der Waals surface area (Å²) in [7, 11) is 0. The number of carbonyl (C=O) groups is 1. The highest BCUT2D eigenvalue weighted by Crippen LogP contribution is 2.22. The molecule has 2 rings (SSSR count). The maximum atomic E-state index is 12.0. The number of benzene rings is 2. The van der Waals surface area contributed by atoms with Gasteiger partial charge in [0.1, 0.15) is 5.75 Å². The molecule has 0 unspecified atom stereocenters. The van der Waals surface area contributed by atoms with Crippen LogP contribution in [0.1, 0.15) is 30.4 Å². The van der Waals surface area contributed by atoms with E-state index in [1.807, 2.05) is 24.3 Å². The van der Waals surface area contributed by atoms with Gasteiger partial charge in [0.05, 0.1) is 18.7 Å². The van der Waals surface area contributed by atoms with Crippen LogP contribution in [0, 0.1) is 0 Å². The van der Waals surface area contributed by atoms with Crippen molar-refractivity contribution in [3.05, 3.63) is 59.7 Å². The third-order valence-corrected chi connectivity index (χ3v) is 4.40. The van der Waals surface area contributed by atoms with Crippen LogP contribution in [0.4, 0.5) is 5.69 Å². The lowest BCUT2D eigenvalue weighted by molar-refractivity contribution is -0.120. The first-order valence-electron chi connectivity index (χ1n) is 9.07. The Balaban J connectivity index is 1.62. The van der Waals surface area contributed by atoms with Crippen molar-refractivity contribution in [1.29, 1.82) is 0 Å². The molecule has 26 heavy (non-hydrogen) atoms. The summed E-state index contributed by atoms with van der Waals surface area (Å²) in [6, 6.07) is 16.0. The Bertz CT molecular complexity index is 677. The maximum Gasteiger partial charge on any atom is 0.224 e. The molecule has 3 N–H and O–H groups in total. The van der Waals surface area contributed by atoms with Crippen LogP contribution < -0.4 is 15.8 Å². The van der Waals surface area contributed by atoms with Gasteiger partial charge in [-0.05, 0) is 42.5 Å². The van der Waals surface area contributed by atoms with Crippen molar-refractivity contribution in [3.63, 3.8) is 0 Å². The molecular formula is C21H27BrN2O2. The molecular weight excluding hydrogens is 392 g/mol. The molecule has 0 aromatic heterocycles. The molecule has 0 heterocycles. The first-order chi connectivity index (χ1) is 12.7. The van der Waals surface area contributed by atoms with Crippen LogP contribution in [0.3, 0.4) is 0 Å². The van der Waals surface area contributed by atoms with Crippen molar-refractivity contribution in [1.82, 2.24) is 5.32 Å². The summed E-state index contributed by atoms with van der Waals surface area (Å²) < 4.78 is 5.51.